The van der Waals surface area contributed by atoms with Crippen LogP contribution in [-0.4, -0.2) is 22.6 Å². The molecule has 0 bridgehead atoms. The van der Waals surface area contributed by atoms with E-state index in [9.17, 15) is 0 Å². The Labute approximate surface area is 137 Å². The van der Waals surface area contributed by atoms with Crippen molar-refractivity contribution in [3.05, 3.63) is 36.0 Å². The first-order chi connectivity index (χ1) is 11.2. The lowest BCUT2D eigenvalue weighted by Crippen LogP contribution is -2.16. The minimum absolute atomic E-state index is 0.544. The van der Waals surface area contributed by atoms with Gasteiger partial charge in [-0.05, 0) is 51.0 Å². The Bertz CT molecular complexity index is 636. The van der Waals surface area contributed by atoms with E-state index in [0.29, 0.717) is 18.6 Å². The first-order valence-electron chi connectivity index (χ1n) is 8.35. The van der Waals surface area contributed by atoms with Gasteiger partial charge in [0.15, 0.2) is 0 Å². The van der Waals surface area contributed by atoms with Crippen LogP contribution in [0.3, 0.4) is 0 Å². The van der Waals surface area contributed by atoms with Crippen molar-refractivity contribution < 1.29 is 4.74 Å². The average Bonchev–Trinajstić information content (AvgIpc) is 3.02. The highest BCUT2D eigenvalue weighted by atomic mass is 16.5. The van der Waals surface area contributed by atoms with Gasteiger partial charge in [-0.15, -0.1) is 0 Å². The van der Waals surface area contributed by atoms with Crippen molar-refractivity contribution in [2.45, 2.75) is 45.6 Å². The fraction of sp³-hybridized carbons (Fsp3) is 0.444. The van der Waals surface area contributed by atoms with E-state index < -0.39 is 0 Å². The number of nitrogens with zero attached hydrogens (tertiary/aromatic N) is 2. The minimum Gasteiger partial charge on any atom is -0.494 e. The first-order valence-corrected chi connectivity index (χ1v) is 8.35. The number of nitrogens with one attached hydrogen (secondary N) is 2. The zero-order valence-corrected chi connectivity index (χ0v) is 13.8. The normalized spacial score (nSPS) is 14.7. The maximum atomic E-state index is 5.45. The van der Waals surface area contributed by atoms with E-state index in [1.165, 1.54) is 25.7 Å². The molecule has 2 N–H and O–H groups in total. The fourth-order valence-electron chi connectivity index (χ4n) is 2.91. The third kappa shape index (κ3) is 4.34. The molecule has 1 aromatic carbocycles. The average molecular weight is 312 g/mol. The molecule has 1 heterocycles. The van der Waals surface area contributed by atoms with Gasteiger partial charge in [-0.3, -0.25) is 0 Å². The van der Waals surface area contributed by atoms with Gasteiger partial charge in [-0.2, -0.15) is 4.98 Å². The lowest BCUT2D eigenvalue weighted by atomic mass is 10.2. The van der Waals surface area contributed by atoms with Crippen LogP contribution in [0.2, 0.25) is 0 Å². The largest absolute Gasteiger partial charge is 0.494 e. The molecule has 5 nitrogen and oxygen atoms in total. The molecule has 3 rings (SSSR count). The standard InChI is InChI=1S/C18H24N4O/c1-3-23-16-10-8-15(9-11-16)21-18-19-13(2)12-17(22-18)20-14-6-4-5-7-14/h8-12,14H,3-7H2,1-2H3,(H2,19,20,21,22). The number of aromatic nitrogens is 2. The van der Waals surface area contributed by atoms with Gasteiger partial charge in [0.2, 0.25) is 5.95 Å². The van der Waals surface area contributed by atoms with E-state index in [0.717, 1.165) is 22.9 Å². The van der Waals surface area contributed by atoms with Gasteiger partial charge in [0.1, 0.15) is 11.6 Å². The maximum Gasteiger partial charge on any atom is 0.229 e. The van der Waals surface area contributed by atoms with E-state index in [2.05, 4.69) is 20.6 Å². The predicted octanol–water partition coefficient (Wildman–Crippen LogP) is 4.28. The van der Waals surface area contributed by atoms with Crippen molar-refractivity contribution in [3.63, 3.8) is 0 Å². The molecule has 0 atom stereocenters. The second-order valence-electron chi connectivity index (χ2n) is 5.93. The molecular weight excluding hydrogens is 288 g/mol. The van der Waals surface area contributed by atoms with E-state index >= 15 is 0 Å². The van der Waals surface area contributed by atoms with E-state index in [1.54, 1.807) is 0 Å². The number of benzene rings is 1. The van der Waals surface area contributed by atoms with Gasteiger partial charge in [-0.1, -0.05) is 12.8 Å². The topological polar surface area (TPSA) is 59.1 Å². The summed E-state index contributed by atoms with van der Waals surface area (Å²) in [5.41, 5.74) is 1.90. The second-order valence-corrected chi connectivity index (χ2v) is 5.93. The Morgan fingerprint density at radius 3 is 2.57 bits per heavy atom. The quantitative estimate of drug-likeness (QED) is 0.833. The van der Waals surface area contributed by atoms with Crippen molar-refractivity contribution in [3.8, 4) is 5.75 Å². The van der Waals surface area contributed by atoms with Gasteiger partial charge in [0.25, 0.3) is 0 Å². The van der Waals surface area contributed by atoms with Crippen LogP contribution in [0, 0.1) is 6.92 Å². The zero-order valence-electron chi connectivity index (χ0n) is 13.8. The van der Waals surface area contributed by atoms with Crippen LogP contribution in [0.25, 0.3) is 0 Å². The summed E-state index contributed by atoms with van der Waals surface area (Å²) in [6.45, 7) is 4.64. The van der Waals surface area contributed by atoms with Gasteiger partial charge in [0, 0.05) is 23.5 Å². The van der Waals surface area contributed by atoms with Crippen LogP contribution in [0.4, 0.5) is 17.5 Å². The number of ether oxygens (including phenoxy) is 1. The lowest BCUT2D eigenvalue weighted by molar-refractivity contribution is 0.340. The van der Waals surface area contributed by atoms with E-state index in [-0.39, 0.29) is 0 Å². The summed E-state index contributed by atoms with van der Waals surface area (Å²) in [4.78, 5) is 9.06. The molecule has 5 heteroatoms. The van der Waals surface area contributed by atoms with Gasteiger partial charge in [0.05, 0.1) is 6.61 Å². The fourth-order valence-corrected chi connectivity index (χ4v) is 2.91. The number of rotatable bonds is 6. The summed E-state index contributed by atoms with van der Waals surface area (Å²) >= 11 is 0. The highest BCUT2D eigenvalue weighted by Crippen LogP contribution is 2.23. The van der Waals surface area contributed by atoms with Crippen molar-refractivity contribution in [1.82, 2.24) is 9.97 Å². The summed E-state index contributed by atoms with van der Waals surface area (Å²) in [5.74, 6) is 2.39. The Kier molecular flexibility index (Phi) is 4.95. The van der Waals surface area contributed by atoms with Crippen molar-refractivity contribution in [2.75, 3.05) is 17.2 Å². The number of aryl methyl sites for hydroxylation is 1. The Morgan fingerprint density at radius 2 is 1.87 bits per heavy atom. The molecule has 1 aliphatic rings. The number of hydrogen-bond acceptors (Lipinski definition) is 5. The highest BCUT2D eigenvalue weighted by Gasteiger charge is 2.15. The van der Waals surface area contributed by atoms with Crippen LogP contribution in [0.5, 0.6) is 5.75 Å². The summed E-state index contributed by atoms with van der Waals surface area (Å²) < 4.78 is 5.45. The van der Waals surface area contributed by atoms with Crippen LogP contribution in [0.1, 0.15) is 38.3 Å². The molecule has 0 saturated heterocycles. The predicted molar refractivity (Wildman–Crippen MR) is 93.5 cm³/mol. The van der Waals surface area contributed by atoms with Gasteiger partial charge < -0.3 is 15.4 Å². The number of hydrogen-bond donors (Lipinski definition) is 2. The van der Waals surface area contributed by atoms with Crippen LogP contribution in [-0.2, 0) is 0 Å². The molecule has 1 saturated carbocycles. The van der Waals surface area contributed by atoms with Gasteiger partial charge in [-0.25, -0.2) is 4.98 Å². The third-order valence-electron chi connectivity index (χ3n) is 3.98. The lowest BCUT2D eigenvalue weighted by Gasteiger charge is -2.14. The summed E-state index contributed by atoms with van der Waals surface area (Å²) in [6, 6.07) is 10.4. The Hall–Kier alpha value is -2.30. The molecule has 2 aromatic rings. The monoisotopic (exact) mass is 312 g/mol. The summed E-state index contributed by atoms with van der Waals surface area (Å²) in [5, 5.41) is 6.78. The molecule has 0 aliphatic heterocycles. The first kappa shape index (κ1) is 15.6. The minimum atomic E-state index is 0.544. The molecule has 0 unspecified atom stereocenters. The molecule has 0 radical (unpaired) electrons. The molecule has 0 amide bonds. The molecular formula is C18H24N4O. The van der Waals surface area contributed by atoms with E-state index in [4.69, 9.17) is 4.74 Å². The molecule has 1 aliphatic carbocycles. The van der Waals surface area contributed by atoms with Gasteiger partial charge >= 0.3 is 0 Å². The molecule has 0 spiro atoms. The summed E-state index contributed by atoms with van der Waals surface area (Å²) in [6.07, 6.45) is 5.06. The third-order valence-corrected chi connectivity index (χ3v) is 3.98. The smallest absolute Gasteiger partial charge is 0.229 e. The molecule has 1 aromatic heterocycles. The van der Waals surface area contributed by atoms with Crippen molar-refractivity contribution in [2.24, 2.45) is 0 Å². The van der Waals surface area contributed by atoms with Crippen molar-refractivity contribution >= 4 is 17.5 Å². The van der Waals surface area contributed by atoms with Crippen LogP contribution in [0.15, 0.2) is 30.3 Å². The Morgan fingerprint density at radius 1 is 1.13 bits per heavy atom. The number of anilines is 3. The highest BCUT2D eigenvalue weighted by molar-refractivity contribution is 5.56. The van der Waals surface area contributed by atoms with E-state index in [1.807, 2.05) is 44.2 Å². The second kappa shape index (κ2) is 7.31. The molecule has 1 fully saturated rings. The maximum absolute atomic E-state index is 5.45. The summed E-state index contributed by atoms with van der Waals surface area (Å²) in [7, 11) is 0. The molecule has 23 heavy (non-hydrogen) atoms. The Balaban J connectivity index is 1.70. The SMILES string of the molecule is CCOc1ccc(Nc2nc(C)cc(NC3CCCC3)n2)cc1. The van der Waals surface area contributed by atoms with Crippen LogP contribution >= 0.6 is 0 Å². The van der Waals surface area contributed by atoms with Crippen molar-refractivity contribution in [1.29, 1.82) is 0 Å². The van der Waals surface area contributed by atoms with Crippen LogP contribution < -0.4 is 15.4 Å². The molecule has 122 valence electrons. The zero-order chi connectivity index (χ0) is 16.1.